The SMILES string of the molecule is CCOc1ccc2cc(C(=O)[C@H](C#N)c3nc4ccccc4o3)[nH]c2c1. The number of nitrogens with one attached hydrogen (secondary N) is 1. The van der Waals surface area contributed by atoms with Gasteiger partial charge >= 0.3 is 0 Å². The Balaban J connectivity index is 1.70. The number of hydrogen-bond acceptors (Lipinski definition) is 5. The zero-order valence-electron chi connectivity index (χ0n) is 14.0. The highest BCUT2D eigenvalue weighted by atomic mass is 16.5. The number of para-hydroxylation sites is 2. The van der Waals surface area contributed by atoms with Gasteiger partial charge in [-0.3, -0.25) is 4.79 Å². The van der Waals surface area contributed by atoms with E-state index in [0.29, 0.717) is 23.4 Å². The number of ether oxygens (including phenoxy) is 1. The van der Waals surface area contributed by atoms with E-state index in [4.69, 9.17) is 9.15 Å². The average molecular weight is 345 g/mol. The first-order valence-corrected chi connectivity index (χ1v) is 8.24. The fourth-order valence-corrected chi connectivity index (χ4v) is 2.89. The highest BCUT2D eigenvalue weighted by molar-refractivity contribution is 6.04. The lowest BCUT2D eigenvalue weighted by Crippen LogP contribution is -2.12. The Labute approximate surface area is 149 Å². The summed E-state index contributed by atoms with van der Waals surface area (Å²) >= 11 is 0. The Bertz CT molecular complexity index is 1120. The van der Waals surface area contributed by atoms with Gasteiger partial charge in [-0.15, -0.1) is 0 Å². The second-order valence-corrected chi connectivity index (χ2v) is 5.81. The number of aromatic nitrogens is 2. The van der Waals surface area contributed by atoms with Crippen LogP contribution in [0.15, 0.2) is 52.9 Å². The number of fused-ring (bicyclic) bond motifs is 2. The first-order chi connectivity index (χ1) is 12.7. The van der Waals surface area contributed by atoms with Gasteiger partial charge in [0.1, 0.15) is 11.3 Å². The van der Waals surface area contributed by atoms with Gasteiger partial charge in [0, 0.05) is 17.0 Å². The molecule has 0 radical (unpaired) electrons. The van der Waals surface area contributed by atoms with Crippen LogP contribution < -0.4 is 4.74 Å². The maximum atomic E-state index is 12.8. The molecule has 6 nitrogen and oxygen atoms in total. The van der Waals surface area contributed by atoms with E-state index in [1.54, 1.807) is 18.2 Å². The third kappa shape index (κ3) is 2.70. The largest absolute Gasteiger partial charge is 0.494 e. The van der Waals surface area contributed by atoms with Crippen LogP contribution in [-0.2, 0) is 0 Å². The van der Waals surface area contributed by atoms with E-state index in [2.05, 4.69) is 9.97 Å². The van der Waals surface area contributed by atoms with Crippen LogP contribution in [0.25, 0.3) is 22.0 Å². The lowest BCUT2D eigenvalue weighted by Gasteiger charge is -2.02. The molecular weight excluding hydrogens is 330 g/mol. The van der Waals surface area contributed by atoms with E-state index < -0.39 is 5.92 Å². The van der Waals surface area contributed by atoms with Crippen molar-refractivity contribution in [3.63, 3.8) is 0 Å². The van der Waals surface area contributed by atoms with Crippen molar-refractivity contribution >= 4 is 27.8 Å². The van der Waals surface area contributed by atoms with Gasteiger partial charge in [0.15, 0.2) is 11.5 Å². The summed E-state index contributed by atoms with van der Waals surface area (Å²) in [6.07, 6.45) is 0. The second-order valence-electron chi connectivity index (χ2n) is 5.81. The fourth-order valence-electron chi connectivity index (χ4n) is 2.89. The van der Waals surface area contributed by atoms with Crippen molar-refractivity contribution in [3.05, 3.63) is 60.1 Å². The van der Waals surface area contributed by atoms with E-state index in [9.17, 15) is 10.1 Å². The van der Waals surface area contributed by atoms with Crippen molar-refractivity contribution in [3.8, 4) is 11.8 Å². The van der Waals surface area contributed by atoms with Crippen LogP contribution in [0.4, 0.5) is 0 Å². The molecule has 0 saturated carbocycles. The highest BCUT2D eigenvalue weighted by Gasteiger charge is 2.28. The molecule has 4 rings (SSSR count). The molecule has 0 aliphatic heterocycles. The van der Waals surface area contributed by atoms with Gasteiger partial charge in [-0.2, -0.15) is 5.26 Å². The van der Waals surface area contributed by atoms with E-state index in [0.717, 1.165) is 16.7 Å². The molecule has 2 aromatic heterocycles. The number of carbonyl (C=O) groups is 1. The summed E-state index contributed by atoms with van der Waals surface area (Å²) in [4.78, 5) is 20.2. The first-order valence-electron chi connectivity index (χ1n) is 8.24. The third-order valence-electron chi connectivity index (χ3n) is 4.12. The Kier molecular flexibility index (Phi) is 3.90. The zero-order chi connectivity index (χ0) is 18.1. The number of Topliss-reactive ketones (excluding diaryl/α,β-unsaturated/α-hetero) is 1. The van der Waals surface area contributed by atoms with Gasteiger partial charge in [0.25, 0.3) is 0 Å². The summed E-state index contributed by atoms with van der Waals surface area (Å²) in [5.41, 5.74) is 2.28. The van der Waals surface area contributed by atoms with Crippen molar-refractivity contribution in [1.29, 1.82) is 5.26 Å². The zero-order valence-corrected chi connectivity index (χ0v) is 14.0. The van der Waals surface area contributed by atoms with E-state index >= 15 is 0 Å². The quantitative estimate of drug-likeness (QED) is 0.547. The van der Waals surface area contributed by atoms with Crippen LogP contribution in [0.3, 0.4) is 0 Å². The smallest absolute Gasteiger partial charge is 0.220 e. The molecule has 0 saturated heterocycles. The molecule has 26 heavy (non-hydrogen) atoms. The lowest BCUT2D eigenvalue weighted by molar-refractivity contribution is 0.0966. The van der Waals surface area contributed by atoms with Crippen LogP contribution in [0.5, 0.6) is 5.75 Å². The third-order valence-corrected chi connectivity index (χ3v) is 4.12. The molecule has 1 N–H and O–H groups in total. The van der Waals surface area contributed by atoms with Gasteiger partial charge < -0.3 is 14.1 Å². The molecule has 2 heterocycles. The molecule has 0 fully saturated rings. The summed E-state index contributed by atoms with van der Waals surface area (Å²) < 4.78 is 11.1. The van der Waals surface area contributed by atoms with Crippen LogP contribution in [-0.4, -0.2) is 22.4 Å². The molecule has 4 aromatic rings. The van der Waals surface area contributed by atoms with Crippen LogP contribution in [0.2, 0.25) is 0 Å². The van der Waals surface area contributed by atoms with Gasteiger partial charge in [-0.05, 0) is 37.3 Å². The molecule has 6 heteroatoms. The maximum Gasteiger partial charge on any atom is 0.220 e. The van der Waals surface area contributed by atoms with Crippen LogP contribution >= 0.6 is 0 Å². The topological polar surface area (TPSA) is 91.9 Å². The van der Waals surface area contributed by atoms with Gasteiger partial charge in [0.2, 0.25) is 11.7 Å². The number of nitrogens with zero attached hydrogens (tertiary/aromatic N) is 2. The number of oxazole rings is 1. The minimum Gasteiger partial charge on any atom is -0.494 e. The molecule has 0 amide bonds. The Morgan fingerprint density at radius 2 is 2.15 bits per heavy atom. The van der Waals surface area contributed by atoms with E-state index in [1.165, 1.54) is 0 Å². The average Bonchev–Trinajstić information content (AvgIpc) is 3.25. The van der Waals surface area contributed by atoms with Crippen LogP contribution in [0.1, 0.15) is 29.2 Å². The number of nitriles is 1. The molecular formula is C20H15N3O3. The summed E-state index contributed by atoms with van der Waals surface area (Å²) in [5.74, 6) is -0.668. The molecule has 0 aliphatic carbocycles. The highest BCUT2D eigenvalue weighted by Crippen LogP contribution is 2.27. The van der Waals surface area contributed by atoms with Crippen molar-refractivity contribution in [1.82, 2.24) is 9.97 Å². The summed E-state index contributed by atoms with van der Waals surface area (Å²) in [6.45, 7) is 2.47. The fraction of sp³-hybridized carbons (Fsp3) is 0.150. The number of H-pyrrole nitrogens is 1. The van der Waals surface area contributed by atoms with Crippen molar-refractivity contribution in [2.75, 3.05) is 6.61 Å². The van der Waals surface area contributed by atoms with Crippen LogP contribution in [0, 0.1) is 11.3 Å². The monoisotopic (exact) mass is 345 g/mol. The molecule has 1 atom stereocenters. The predicted octanol–water partition coefficient (Wildman–Crippen LogP) is 4.20. The molecule has 0 unspecified atom stereocenters. The lowest BCUT2D eigenvalue weighted by atomic mass is 10.0. The normalized spacial score (nSPS) is 12.2. The number of rotatable bonds is 5. The number of benzene rings is 2. The minimum absolute atomic E-state index is 0.104. The first kappa shape index (κ1) is 15.9. The van der Waals surface area contributed by atoms with Crippen molar-refractivity contribution < 1.29 is 13.9 Å². The maximum absolute atomic E-state index is 12.8. The van der Waals surface area contributed by atoms with E-state index in [1.807, 2.05) is 43.3 Å². The molecule has 128 valence electrons. The molecule has 0 spiro atoms. The summed E-state index contributed by atoms with van der Waals surface area (Å²) in [6, 6.07) is 16.4. The standard InChI is InChI=1S/C20H15N3O3/c1-2-25-13-8-7-12-9-17(22-16(12)10-13)19(24)14(11-21)20-23-15-5-3-4-6-18(15)26-20/h3-10,14,22H,2H2,1H3/t14-/m0/s1. The van der Waals surface area contributed by atoms with Crippen molar-refractivity contribution in [2.24, 2.45) is 0 Å². The minimum atomic E-state index is -1.11. The van der Waals surface area contributed by atoms with Gasteiger partial charge in [-0.1, -0.05) is 12.1 Å². The number of hydrogen-bond donors (Lipinski definition) is 1. The van der Waals surface area contributed by atoms with E-state index in [-0.39, 0.29) is 11.7 Å². The molecule has 0 bridgehead atoms. The second kappa shape index (κ2) is 6.37. The number of aromatic amines is 1. The van der Waals surface area contributed by atoms with Crippen molar-refractivity contribution in [2.45, 2.75) is 12.8 Å². The molecule has 0 aliphatic rings. The number of ketones is 1. The predicted molar refractivity (Wildman–Crippen MR) is 96.2 cm³/mol. The Morgan fingerprint density at radius 3 is 2.92 bits per heavy atom. The number of carbonyl (C=O) groups excluding carboxylic acids is 1. The Hall–Kier alpha value is -3.59. The summed E-state index contributed by atoms with van der Waals surface area (Å²) in [5, 5.41) is 10.4. The Morgan fingerprint density at radius 1 is 1.31 bits per heavy atom. The van der Waals surface area contributed by atoms with Gasteiger partial charge in [0.05, 0.1) is 18.4 Å². The van der Waals surface area contributed by atoms with Gasteiger partial charge in [-0.25, -0.2) is 4.98 Å². The molecule has 2 aromatic carbocycles. The summed E-state index contributed by atoms with van der Waals surface area (Å²) in [7, 11) is 0.